The Morgan fingerprint density at radius 3 is 2.20 bits per heavy atom. The standard InChI is InChI=1S/C47H66N4O7S/c1-31(2)25-33(5)41(52)27-37(26-35-15-9-7-10-16-35)46(56)51-24-14-20-40(51)43(54)28-38(32(3)4)45(55)50-39(42(53)29-44-48-23-21-34(6)59-44)19-13-22-49-47(57)58-30-36-17-11-8-12-18-36/h7-12,15-18,31-34,37-40H,13-14,19-30H2,1-6H3,(H,49,57)(H,50,55)/t33-,34?,37-,38-,39-,40-/m0/s1. The number of aliphatic imine (C=N–C) groups is 1. The first kappa shape index (κ1) is 47.4. The van der Waals surface area contributed by atoms with Crippen LogP contribution in [0.5, 0.6) is 0 Å². The Kier molecular flexibility index (Phi) is 19.3. The molecule has 0 saturated carbocycles. The molecule has 6 atom stereocenters. The molecule has 12 heteroatoms. The topological polar surface area (TPSA) is 151 Å². The van der Waals surface area contributed by atoms with Gasteiger partial charge in [-0.15, -0.1) is 11.8 Å². The number of Topliss-reactive ketones (excluding diaryl/α,β-unsaturated/α-hetero) is 3. The molecule has 11 nitrogen and oxygen atoms in total. The molecular formula is C47H66N4O7S. The van der Waals surface area contributed by atoms with Gasteiger partial charge in [-0.2, -0.15) is 0 Å². The quantitative estimate of drug-likeness (QED) is 0.108. The maximum absolute atomic E-state index is 14.3. The maximum atomic E-state index is 14.3. The highest BCUT2D eigenvalue weighted by Crippen LogP contribution is 2.29. The fourth-order valence-electron chi connectivity index (χ4n) is 7.94. The summed E-state index contributed by atoms with van der Waals surface area (Å²) >= 11 is 1.58. The number of nitrogens with one attached hydrogen (secondary N) is 2. The monoisotopic (exact) mass is 830 g/mol. The van der Waals surface area contributed by atoms with Crippen LogP contribution in [0, 0.1) is 29.6 Å². The van der Waals surface area contributed by atoms with Crippen molar-refractivity contribution in [3.8, 4) is 0 Å². The molecule has 3 amide bonds. The summed E-state index contributed by atoms with van der Waals surface area (Å²) in [5.41, 5.74) is 1.82. The van der Waals surface area contributed by atoms with Crippen LogP contribution in [0.15, 0.2) is 65.7 Å². The molecule has 2 N–H and O–H groups in total. The lowest BCUT2D eigenvalue weighted by molar-refractivity contribution is -0.143. The van der Waals surface area contributed by atoms with E-state index in [4.69, 9.17) is 4.74 Å². The van der Waals surface area contributed by atoms with E-state index < -0.39 is 35.9 Å². The van der Waals surface area contributed by atoms with Gasteiger partial charge in [-0.1, -0.05) is 102 Å². The predicted molar refractivity (Wildman–Crippen MR) is 234 cm³/mol. The molecule has 0 radical (unpaired) electrons. The van der Waals surface area contributed by atoms with Crippen LogP contribution in [0.1, 0.15) is 110 Å². The zero-order chi connectivity index (χ0) is 42.9. The number of likely N-dealkylation sites (tertiary alicyclic amines) is 1. The molecule has 4 rings (SSSR count). The van der Waals surface area contributed by atoms with E-state index in [0.717, 1.165) is 29.0 Å². The van der Waals surface area contributed by atoms with Crippen LogP contribution in [-0.4, -0.2) is 82.2 Å². The van der Waals surface area contributed by atoms with E-state index in [9.17, 15) is 28.8 Å². The lowest BCUT2D eigenvalue weighted by Crippen LogP contribution is -2.48. The van der Waals surface area contributed by atoms with Crippen molar-refractivity contribution >= 4 is 52.1 Å². The van der Waals surface area contributed by atoms with Crippen LogP contribution in [0.4, 0.5) is 4.79 Å². The molecule has 0 aromatic heterocycles. The SMILES string of the molecule is CC(C)C[C@H](C)C(=O)C[C@H](Cc1ccccc1)C(=O)N1CCC[C@H]1C(=O)C[C@H](C(=O)N[C@@H](CCCNC(=O)OCc1ccccc1)C(=O)CC1=NCCC(C)S1)C(C)C. The average Bonchev–Trinajstić information content (AvgIpc) is 3.70. The molecule has 2 aromatic carbocycles. The molecule has 0 aliphatic carbocycles. The summed E-state index contributed by atoms with van der Waals surface area (Å²) in [4.78, 5) is 88.4. The van der Waals surface area contributed by atoms with Crippen molar-refractivity contribution < 1.29 is 33.5 Å². The zero-order valence-corrected chi connectivity index (χ0v) is 36.8. The van der Waals surface area contributed by atoms with Gasteiger partial charge in [-0.3, -0.25) is 29.0 Å². The third-order valence-electron chi connectivity index (χ3n) is 11.3. The Labute approximate surface area is 355 Å². The first-order chi connectivity index (χ1) is 28.2. The van der Waals surface area contributed by atoms with Gasteiger partial charge in [0.2, 0.25) is 11.8 Å². The third kappa shape index (κ3) is 15.7. The summed E-state index contributed by atoms with van der Waals surface area (Å²) in [5.74, 6) is -2.28. The molecule has 59 heavy (non-hydrogen) atoms. The molecule has 2 heterocycles. The van der Waals surface area contributed by atoms with E-state index in [0.29, 0.717) is 49.9 Å². The summed E-state index contributed by atoms with van der Waals surface area (Å²) in [6.45, 7) is 13.4. The maximum Gasteiger partial charge on any atom is 0.407 e. The molecule has 0 spiro atoms. The number of carbonyl (C=O) groups is 6. The van der Waals surface area contributed by atoms with Crippen molar-refractivity contribution in [3.05, 3.63) is 71.8 Å². The largest absolute Gasteiger partial charge is 0.445 e. The number of thioether (sulfide) groups is 1. The Bertz CT molecular complexity index is 1730. The molecule has 2 aliphatic heterocycles. The fourth-order valence-corrected chi connectivity index (χ4v) is 9.02. The van der Waals surface area contributed by atoms with Gasteiger partial charge >= 0.3 is 6.09 Å². The fraction of sp³-hybridized carbons (Fsp3) is 0.596. The van der Waals surface area contributed by atoms with Gasteiger partial charge in [-0.25, -0.2) is 4.79 Å². The van der Waals surface area contributed by atoms with E-state index in [-0.39, 0.29) is 73.9 Å². The number of benzene rings is 2. The number of carbonyl (C=O) groups excluding carboxylic acids is 6. The Balaban J connectivity index is 1.42. The second-order valence-corrected chi connectivity index (χ2v) is 18.6. The highest BCUT2D eigenvalue weighted by Gasteiger charge is 2.40. The Hall–Kier alpha value is -4.32. The van der Waals surface area contributed by atoms with Crippen molar-refractivity contribution in [2.75, 3.05) is 19.6 Å². The Morgan fingerprint density at radius 2 is 1.56 bits per heavy atom. The van der Waals surface area contributed by atoms with Gasteiger partial charge in [-0.05, 0) is 67.9 Å². The Morgan fingerprint density at radius 1 is 0.881 bits per heavy atom. The first-order valence-electron chi connectivity index (χ1n) is 21.6. The van der Waals surface area contributed by atoms with Crippen molar-refractivity contribution in [1.82, 2.24) is 15.5 Å². The minimum absolute atomic E-state index is 0.0538. The molecule has 2 aromatic rings. The molecule has 322 valence electrons. The summed E-state index contributed by atoms with van der Waals surface area (Å²) in [7, 11) is 0. The van der Waals surface area contributed by atoms with Crippen LogP contribution in [0.2, 0.25) is 0 Å². The number of rotatable bonds is 23. The number of hydrogen-bond acceptors (Lipinski definition) is 9. The minimum Gasteiger partial charge on any atom is -0.445 e. The number of amides is 3. The van der Waals surface area contributed by atoms with Gasteiger partial charge in [0, 0.05) is 55.5 Å². The normalized spacial score (nSPS) is 18.7. The smallest absolute Gasteiger partial charge is 0.407 e. The second kappa shape index (κ2) is 24.1. The van der Waals surface area contributed by atoms with Crippen LogP contribution in [0.25, 0.3) is 0 Å². The van der Waals surface area contributed by atoms with E-state index in [1.54, 1.807) is 16.7 Å². The van der Waals surface area contributed by atoms with E-state index in [2.05, 4.69) is 36.4 Å². The van der Waals surface area contributed by atoms with Gasteiger partial charge < -0.3 is 20.3 Å². The molecule has 1 unspecified atom stereocenters. The summed E-state index contributed by atoms with van der Waals surface area (Å²) < 4.78 is 5.32. The number of alkyl carbamates (subject to hydrolysis) is 1. The number of hydrogen-bond donors (Lipinski definition) is 2. The minimum atomic E-state index is -0.847. The predicted octanol–water partition coefficient (Wildman–Crippen LogP) is 7.78. The lowest BCUT2D eigenvalue weighted by atomic mass is 9.85. The summed E-state index contributed by atoms with van der Waals surface area (Å²) in [5, 5.41) is 6.81. The van der Waals surface area contributed by atoms with Gasteiger partial charge in [0.15, 0.2) is 11.6 Å². The first-order valence-corrected chi connectivity index (χ1v) is 22.5. The average molecular weight is 831 g/mol. The number of ether oxygens (including phenoxy) is 1. The summed E-state index contributed by atoms with van der Waals surface area (Å²) in [6.07, 6.45) is 3.46. The van der Waals surface area contributed by atoms with Crippen LogP contribution in [0.3, 0.4) is 0 Å². The van der Waals surface area contributed by atoms with Crippen LogP contribution < -0.4 is 10.6 Å². The molecule has 1 saturated heterocycles. The van der Waals surface area contributed by atoms with Crippen molar-refractivity contribution in [2.45, 2.75) is 130 Å². The van der Waals surface area contributed by atoms with Crippen molar-refractivity contribution in [2.24, 2.45) is 34.6 Å². The van der Waals surface area contributed by atoms with Gasteiger partial charge in [0.05, 0.1) is 23.5 Å². The highest BCUT2D eigenvalue weighted by molar-refractivity contribution is 8.14. The van der Waals surface area contributed by atoms with E-state index in [1.807, 2.05) is 81.4 Å². The van der Waals surface area contributed by atoms with Gasteiger partial charge in [0.25, 0.3) is 0 Å². The van der Waals surface area contributed by atoms with Crippen LogP contribution >= 0.6 is 11.8 Å². The van der Waals surface area contributed by atoms with E-state index in [1.165, 1.54) is 0 Å². The van der Waals surface area contributed by atoms with Crippen molar-refractivity contribution in [3.63, 3.8) is 0 Å². The zero-order valence-electron chi connectivity index (χ0n) is 36.0. The lowest BCUT2D eigenvalue weighted by Gasteiger charge is -2.30. The number of ketones is 3. The van der Waals surface area contributed by atoms with Crippen molar-refractivity contribution in [1.29, 1.82) is 0 Å². The van der Waals surface area contributed by atoms with Gasteiger partial charge in [0.1, 0.15) is 12.4 Å². The summed E-state index contributed by atoms with van der Waals surface area (Å²) in [6, 6.07) is 17.5. The second-order valence-electron chi connectivity index (χ2n) is 17.1. The van der Waals surface area contributed by atoms with E-state index >= 15 is 0 Å². The molecule has 0 bridgehead atoms. The molecule has 1 fully saturated rings. The van der Waals surface area contributed by atoms with Crippen LogP contribution in [-0.2, 0) is 41.7 Å². The highest BCUT2D eigenvalue weighted by atomic mass is 32.2. The third-order valence-corrected chi connectivity index (χ3v) is 12.5. The number of nitrogens with zero attached hydrogens (tertiary/aromatic N) is 2. The molecule has 2 aliphatic rings. The molecular weight excluding hydrogens is 765 g/mol.